The Morgan fingerprint density at radius 1 is 0.231 bits per heavy atom. The van der Waals surface area contributed by atoms with Crippen LogP contribution in [0, 0.1) is 0 Å². The molecular formula is C8H21F5. The summed E-state index contributed by atoms with van der Waals surface area (Å²) in [5.41, 5.74) is 0. The van der Waals surface area contributed by atoms with Crippen LogP contribution in [0.15, 0.2) is 52.6 Å². The van der Waals surface area contributed by atoms with Crippen molar-refractivity contribution in [3.8, 4) is 0 Å². The molecule has 0 aliphatic rings. The predicted octanol–water partition coefficient (Wildman–Crippen LogP) is 3.97. The third-order valence-corrected chi connectivity index (χ3v) is 0. The van der Waals surface area contributed by atoms with Gasteiger partial charge in [-0.3, -0.25) is 23.5 Å². The van der Waals surface area contributed by atoms with E-state index in [1.54, 1.807) is 0 Å². The van der Waals surface area contributed by atoms with Crippen LogP contribution in [0.25, 0.3) is 0 Å². The van der Waals surface area contributed by atoms with Crippen LogP contribution in [0.5, 0.6) is 0 Å². The Balaban J connectivity index is -0.00000000208. The maximum Gasteiger partial charge on any atom is -0.106 e. The lowest BCUT2D eigenvalue weighted by atomic mass is 11.3. The molecule has 0 amide bonds. The lowest BCUT2D eigenvalue weighted by Gasteiger charge is -0.813. The van der Waals surface area contributed by atoms with Crippen molar-refractivity contribution >= 4 is 0 Å². The van der Waals surface area contributed by atoms with Crippen molar-refractivity contribution in [2.24, 2.45) is 0 Å². The molecule has 0 aromatic rings. The van der Waals surface area contributed by atoms with Gasteiger partial charge in [0.25, 0.3) is 0 Å². The average Bonchev–Trinajstić information content (AvgIpc) is 2.03. The fourth-order valence-corrected chi connectivity index (χ4v) is 0. The van der Waals surface area contributed by atoms with Crippen molar-refractivity contribution in [3.63, 3.8) is 0 Å². The van der Waals surface area contributed by atoms with Gasteiger partial charge < -0.3 is 0 Å². The monoisotopic (exact) mass is 212 g/mol. The van der Waals surface area contributed by atoms with Crippen LogP contribution in [-0.4, -0.2) is 0 Å². The summed E-state index contributed by atoms with van der Waals surface area (Å²) in [5, 5.41) is 0. The molecule has 0 saturated carbocycles. The van der Waals surface area contributed by atoms with Crippen molar-refractivity contribution in [1.82, 2.24) is 0 Å². The number of hydrogen-bond acceptors (Lipinski definition) is 0. The summed E-state index contributed by atoms with van der Waals surface area (Å²) in [5.74, 6) is 0. The minimum absolute atomic E-state index is 0. The highest BCUT2D eigenvalue weighted by atomic mass is 19.0. The van der Waals surface area contributed by atoms with Gasteiger partial charge in [-0.15, -0.1) is 52.6 Å². The molecule has 0 spiro atoms. The zero-order valence-electron chi connectivity index (χ0n) is 7.70. The van der Waals surface area contributed by atoms with Crippen LogP contribution < -0.4 is 0 Å². The molecule has 0 unspecified atom stereocenters. The summed E-state index contributed by atoms with van der Waals surface area (Å²) in [6, 6.07) is 0. The van der Waals surface area contributed by atoms with Gasteiger partial charge in [-0.25, -0.2) is 0 Å². The van der Waals surface area contributed by atoms with E-state index in [0.717, 1.165) is 0 Å². The first kappa shape index (κ1) is 192. The standard InChI is InChI=1S/4C2H4.5FH/c4*1-2;;;;;/h4*1-2H2;5*1H. The first-order chi connectivity index (χ1) is 4.00. The van der Waals surface area contributed by atoms with Crippen molar-refractivity contribution in [2.75, 3.05) is 0 Å². The van der Waals surface area contributed by atoms with Gasteiger partial charge in [0.15, 0.2) is 0 Å². The minimum atomic E-state index is 0. The first-order valence-electron chi connectivity index (χ1n) is 2.00. The Hall–Kier alpha value is -1.39. The Morgan fingerprint density at radius 3 is 0.231 bits per heavy atom. The Bertz CT molecular complexity index is 20.5. The molecule has 0 aliphatic carbocycles. The second-order valence-corrected chi connectivity index (χ2v) is 0. The average molecular weight is 212 g/mol. The van der Waals surface area contributed by atoms with Gasteiger partial charge in [-0.1, -0.05) is 0 Å². The molecule has 0 saturated heterocycles. The third kappa shape index (κ3) is 407. The van der Waals surface area contributed by atoms with E-state index >= 15 is 0 Å². The highest BCUT2D eigenvalue weighted by Gasteiger charge is 0.607. The second kappa shape index (κ2) is 507. The molecule has 13 heavy (non-hydrogen) atoms. The summed E-state index contributed by atoms with van der Waals surface area (Å²) in [7, 11) is 0. The molecule has 0 heterocycles. The molecule has 0 aromatic carbocycles. The maximum atomic E-state index is 3.00. The molecule has 0 aliphatic heterocycles. The van der Waals surface area contributed by atoms with E-state index < -0.39 is 0 Å². The van der Waals surface area contributed by atoms with Crippen molar-refractivity contribution in [3.05, 3.63) is 52.6 Å². The first-order valence-corrected chi connectivity index (χ1v) is 2.00. The van der Waals surface area contributed by atoms with E-state index in [9.17, 15) is 0 Å². The molecule has 0 fully saturated rings. The molecule has 0 nitrogen and oxygen atoms in total. The minimum Gasteiger partial charge on any atom is -0.269 e. The highest BCUT2D eigenvalue weighted by Crippen LogP contribution is 0.868. The van der Waals surface area contributed by atoms with Gasteiger partial charge in [-0.2, -0.15) is 0 Å². The molecule has 0 rings (SSSR count). The van der Waals surface area contributed by atoms with Gasteiger partial charge in [0.1, 0.15) is 0 Å². The quantitative estimate of drug-likeness (QED) is 0.421. The van der Waals surface area contributed by atoms with Crippen LogP contribution in [0.2, 0.25) is 0 Å². The summed E-state index contributed by atoms with van der Waals surface area (Å²) >= 11 is 0. The Labute approximate surface area is 77.2 Å². The fraction of sp³-hybridized carbons (Fsp3) is 0. The number of hydrogen-bond donors (Lipinski definition) is 0. The number of halogens is 5. The lowest BCUT2D eigenvalue weighted by Crippen LogP contribution is -0.552. The summed E-state index contributed by atoms with van der Waals surface area (Å²) < 4.78 is 0. The van der Waals surface area contributed by atoms with Gasteiger partial charge >= 0.3 is 0 Å². The zero-order chi connectivity index (χ0) is 8.00. The van der Waals surface area contributed by atoms with Crippen molar-refractivity contribution < 1.29 is 23.5 Å². The Kier molecular flexibility index (Phi) is 7480. The molecule has 0 atom stereocenters. The smallest absolute Gasteiger partial charge is 0.106 e. The van der Waals surface area contributed by atoms with Crippen LogP contribution in [0.3, 0.4) is 0 Å². The molecule has 0 aromatic heterocycles. The van der Waals surface area contributed by atoms with E-state index in [-0.39, 0.29) is 23.5 Å². The van der Waals surface area contributed by atoms with Gasteiger partial charge in [0.2, 0.25) is 0 Å². The number of rotatable bonds is 0. The molecular weight excluding hydrogens is 191 g/mol. The van der Waals surface area contributed by atoms with Gasteiger partial charge in [0.05, 0.1) is 0 Å². The van der Waals surface area contributed by atoms with E-state index in [0.29, 0.717) is 0 Å². The molecule has 88 valence electrons. The summed E-state index contributed by atoms with van der Waals surface area (Å²) in [4.78, 5) is 0. The van der Waals surface area contributed by atoms with E-state index in [4.69, 9.17) is 0 Å². The lowest BCUT2D eigenvalue weighted by molar-refractivity contribution is 1.11. The summed E-state index contributed by atoms with van der Waals surface area (Å²) in [6.07, 6.45) is 0. The molecule has 5 heteroatoms. The normalized spacial score (nSPS) is 1.23. The van der Waals surface area contributed by atoms with Crippen LogP contribution in [-0.2, 0) is 0 Å². The zero-order valence-corrected chi connectivity index (χ0v) is 7.70. The van der Waals surface area contributed by atoms with E-state index in [1.165, 1.54) is 0 Å². The predicted molar refractivity (Wildman–Crippen MR) is 57.5 cm³/mol. The highest BCUT2D eigenvalue weighted by molar-refractivity contribution is 4.23. The van der Waals surface area contributed by atoms with E-state index in [1.807, 2.05) is 0 Å². The largest absolute Gasteiger partial charge is 0.269 e. The van der Waals surface area contributed by atoms with E-state index in [2.05, 4.69) is 52.6 Å². The van der Waals surface area contributed by atoms with Crippen molar-refractivity contribution in [1.29, 1.82) is 0 Å². The molecule has 0 radical (unpaired) electrons. The van der Waals surface area contributed by atoms with Crippen LogP contribution >= 0.6 is 0 Å². The molecule has 0 bridgehead atoms. The van der Waals surface area contributed by atoms with Crippen LogP contribution in [0.4, 0.5) is 23.5 Å². The Morgan fingerprint density at radius 2 is 0.231 bits per heavy atom. The van der Waals surface area contributed by atoms with Crippen LogP contribution in [0.1, 0.15) is 0 Å². The fourth-order valence-electron chi connectivity index (χ4n) is 0. The molecule has 0 N–H and O–H groups in total. The maximum absolute atomic E-state index is 3.00. The van der Waals surface area contributed by atoms with Gasteiger partial charge in [0, 0.05) is 0 Å². The second-order valence-electron chi connectivity index (χ2n) is 0. The summed E-state index contributed by atoms with van der Waals surface area (Å²) in [6.45, 7) is 24.0. The third-order valence-electron chi connectivity index (χ3n) is 0. The topological polar surface area (TPSA) is 0 Å². The SMILES string of the molecule is C=C.C=C.C=C.C=C.F.F.F.F.F. The van der Waals surface area contributed by atoms with Crippen molar-refractivity contribution in [2.45, 2.75) is 0 Å². The van der Waals surface area contributed by atoms with Gasteiger partial charge in [-0.05, 0) is 0 Å².